The first-order valence-electron chi connectivity index (χ1n) is 4.88. The Labute approximate surface area is 100 Å². The van der Waals surface area contributed by atoms with Gasteiger partial charge < -0.3 is 4.98 Å². The van der Waals surface area contributed by atoms with E-state index in [0.717, 1.165) is 27.0 Å². The van der Waals surface area contributed by atoms with Crippen molar-refractivity contribution >= 4 is 27.0 Å². The zero-order valence-electron chi connectivity index (χ0n) is 8.61. The highest BCUT2D eigenvalue weighted by molar-refractivity contribution is 9.10. The minimum atomic E-state index is 0.800. The molecule has 16 heavy (non-hydrogen) atoms. The van der Waals surface area contributed by atoms with Crippen LogP contribution in [0.15, 0.2) is 34.9 Å². The van der Waals surface area contributed by atoms with Crippen molar-refractivity contribution in [1.29, 1.82) is 0 Å². The zero-order valence-corrected chi connectivity index (χ0v) is 10.2. The average Bonchev–Trinajstić information content (AvgIpc) is 2.83. The fraction of sp³-hybridized carbons (Fsp3) is 0.0909. The Morgan fingerprint density at radius 3 is 2.94 bits per heavy atom. The van der Waals surface area contributed by atoms with Gasteiger partial charge in [0.25, 0.3) is 0 Å². The van der Waals surface area contributed by atoms with Crippen LogP contribution in [0.2, 0.25) is 0 Å². The van der Waals surface area contributed by atoms with Crippen molar-refractivity contribution in [3.8, 4) is 11.5 Å². The van der Waals surface area contributed by atoms with E-state index in [-0.39, 0.29) is 0 Å². The van der Waals surface area contributed by atoms with Gasteiger partial charge in [-0.15, -0.1) is 0 Å². The molecule has 0 aliphatic rings. The summed E-state index contributed by atoms with van der Waals surface area (Å²) in [5.41, 5.74) is 2.81. The Morgan fingerprint density at radius 2 is 2.19 bits per heavy atom. The van der Waals surface area contributed by atoms with Crippen LogP contribution in [-0.4, -0.2) is 19.7 Å². The van der Waals surface area contributed by atoms with Gasteiger partial charge >= 0.3 is 0 Å². The maximum Gasteiger partial charge on any atom is 0.159 e. The van der Waals surface area contributed by atoms with Gasteiger partial charge in [-0.3, -0.25) is 4.68 Å². The fourth-order valence-corrected chi connectivity index (χ4v) is 2.01. The smallest absolute Gasteiger partial charge is 0.159 e. The van der Waals surface area contributed by atoms with E-state index < -0.39 is 0 Å². The zero-order chi connectivity index (χ0) is 11.1. The van der Waals surface area contributed by atoms with Crippen molar-refractivity contribution in [2.24, 2.45) is 7.05 Å². The number of hydrogen-bond donors (Lipinski definition) is 1. The Balaban J connectivity index is 2.18. The summed E-state index contributed by atoms with van der Waals surface area (Å²) in [6.07, 6.45) is 1.90. The van der Waals surface area contributed by atoms with Gasteiger partial charge in [0.05, 0.1) is 11.0 Å². The van der Waals surface area contributed by atoms with E-state index >= 15 is 0 Å². The predicted molar refractivity (Wildman–Crippen MR) is 66.0 cm³/mol. The summed E-state index contributed by atoms with van der Waals surface area (Å²) >= 11 is 3.43. The largest absolute Gasteiger partial charge is 0.337 e. The fourth-order valence-electron chi connectivity index (χ4n) is 1.64. The highest BCUT2D eigenvalue weighted by atomic mass is 79.9. The van der Waals surface area contributed by atoms with Crippen LogP contribution in [0, 0.1) is 0 Å². The van der Waals surface area contributed by atoms with Gasteiger partial charge in [0, 0.05) is 17.7 Å². The molecule has 0 aliphatic carbocycles. The number of benzene rings is 1. The molecule has 0 amide bonds. The first-order chi connectivity index (χ1) is 7.72. The molecule has 0 atom stereocenters. The molecule has 0 radical (unpaired) electrons. The Morgan fingerprint density at radius 1 is 1.31 bits per heavy atom. The van der Waals surface area contributed by atoms with Gasteiger partial charge in [-0.2, -0.15) is 5.10 Å². The van der Waals surface area contributed by atoms with Crippen LogP contribution in [0.1, 0.15) is 0 Å². The van der Waals surface area contributed by atoms with Gasteiger partial charge in [-0.25, -0.2) is 4.98 Å². The Kier molecular flexibility index (Phi) is 2.07. The number of aromatic amines is 1. The highest BCUT2D eigenvalue weighted by Crippen LogP contribution is 2.21. The van der Waals surface area contributed by atoms with Gasteiger partial charge in [0.2, 0.25) is 0 Å². The van der Waals surface area contributed by atoms with Crippen LogP contribution in [0.3, 0.4) is 0 Å². The van der Waals surface area contributed by atoms with Crippen LogP contribution >= 0.6 is 15.9 Å². The third-order valence-corrected chi connectivity index (χ3v) is 2.89. The maximum absolute atomic E-state index is 4.49. The number of hydrogen-bond acceptors (Lipinski definition) is 2. The summed E-state index contributed by atoms with van der Waals surface area (Å²) in [4.78, 5) is 7.73. The summed E-state index contributed by atoms with van der Waals surface area (Å²) in [7, 11) is 1.89. The summed E-state index contributed by atoms with van der Waals surface area (Å²) < 4.78 is 2.80. The second-order valence-electron chi connectivity index (χ2n) is 3.62. The molecule has 80 valence electrons. The van der Waals surface area contributed by atoms with Crippen LogP contribution < -0.4 is 0 Å². The van der Waals surface area contributed by atoms with Crippen LogP contribution in [-0.2, 0) is 7.05 Å². The van der Waals surface area contributed by atoms with Gasteiger partial charge in [-0.05, 0) is 24.3 Å². The van der Waals surface area contributed by atoms with Gasteiger partial charge in [0.1, 0.15) is 5.69 Å². The first kappa shape index (κ1) is 9.59. The van der Waals surface area contributed by atoms with E-state index in [2.05, 4.69) is 31.0 Å². The molecule has 0 fully saturated rings. The second-order valence-corrected chi connectivity index (χ2v) is 4.54. The third-order valence-electron chi connectivity index (χ3n) is 2.40. The highest BCUT2D eigenvalue weighted by Gasteiger charge is 2.07. The lowest BCUT2D eigenvalue weighted by Gasteiger charge is -1.88. The summed E-state index contributed by atoms with van der Waals surface area (Å²) in [5.74, 6) is 0.800. The van der Waals surface area contributed by atoms with Crippen molar-refractivity contribution in [3.63, 3.8) is 0 Å². The molecular formula is C11H9BrN4. The number of imidazole rings is 1. The number of nitrogens with one attached hydrogen (secondary N) is 1. The molecule has 0 unspecified atom stereocenters. The number of rotatable bonds is 1. The molecule has 0 saturated carbocycles. The second kappa shape index (κ2) is 3.45. The molecule has 4 nitrogen and oxygen atoms in total. The molecule has 3 aromatic rings. The van der Waals surface area contributed by atoms with Crippen molar-refractivity contribution in [2.75, 3.05) is 0 Å². The van der Waals surface area contributed by atoms with E-state index in [1.54, 1.807) is 4.68 Å². The van der Waals surface area contributed by atoms with Crippen molar-refractivity contribution < 1.29 is 0 Å². The van der Waals surface area contributed by atoms with Crippen molar-refractivity contribution in [3.05, 3.63) is 34.9 Å². The van der Waals surface area contributed by atoms with E-state index in [0.29, 0.717) is 0 Å². The van der Waals surface area contributed by atoms with Gasteiger partial charge in [-0.1, -0.05) is 15.9 Å². The first-order valence-corrected chi connectivity index (χ1v) is 5.67. The molecule has 0 bridgehead atoms. The Bertz CT molecular complexity index is 653. The monoisotopic (exact) mass is 276 g/mol. The molecule has 0 spiro atoms. The molecule has 2 heterocycles. The average molecular weight is 277 g/mol. The van der Waals surface area contributed by atoms with E-state index in [4.69, 9.17) is 0 Å². The van der Waals surface area contributed by atoms with Crippen molar-refractivity contribution in [1.82, 2.24) is 19.7 Å². The standard InChI is InChI=1S/C11H9BrN4/c1-16-5-4-9(15-16)11-13-8-3-2-7(12)6-10(8)14-11/h2-6H,1H3,(H,13,14). The van der Waals surface area contributed by atoms with Gasteiger partial charge in [0.15, 0.2) is 5.82 Å². The maximum atomic E-state index is 4.49. The third kappa shape index (κ3) is 1.53. The topological polar surface area (TPSA) is 46.5 Å². The molecule has 0 aliphatic heterocycles. The normalized spacial score (nSPS) is 11.1. The minimum Gasteiger partial charge on any atom is -0.337 e. The lowest BCUT2D eigenvalue weighted by molar-refractivity contribution is 0.769. The quantitative estimate of drug-likeness (QED) is 0.743. The molecule has 5 heteroatoms. The summed E-state index contributed by atoms with van der Waals surface area (Å²) in [6, 6.07) is 7.90. The molecule has 1 N–H and O–H groups in total. The van der Waals surface area contributed by atoms with E-state index in [9.17, 15) is 0 Å². The number of H-pyrrole nitrogens is 1. The molecule has 1 aromatic carbocycles. The van der Waals surface area contributed by atoms with E-state index in [1.807, 2.05) is 37.5 Å². The van der Waals surface area contributed by atoms with Crippen LogP contribution in [0.5, 0.6) is 0 Å². The minimum absolute atomic E-state index is 0.800. The number of aromatic nitrogens is 4. The lowest BCUT2D eigenvalue weighted by Crippen LogP contribution is -1.88. The molecule has 2 aromatic heterocycles. The summed E-state index contributed by atoms with van der Waals surface area (Å²) in [6.45, 7) is 0. The van der Waals surface area contributed by atoms with Crippen LogP contribution in [0.25, 0.3) is 22.6 Å². The molecule has 3 rings (SSSR count). The SMILES string of the molecule is Cn1ccc(-c2nc3ccc(Br)cc3[nH]2)n1. The number of nitrogens with zero attached hydrogens (tertiary/aromatic N) is 3. The molecule has 0 saturated heterocycles. The van der Waals surface area contributed by atoms with E-state index in [1.165, 1.54) is 0 Å². The Hall–Kier alpha value is -1.62. The van der Waals surface area contributed by atoms with Crippen LogP contribution in [0.4, 0.5) is 0 Å². The number of fused-ring (bicyclic) bond motifs is 1. The molecular weight excluding hydrogens is 268 g/mol. The number of halogens is 1. The van der Waals surface area contributed by atoms with Crippen molar-refractivity contribution in [2.45, 2.75) is 0 Å². The summed E-state index contributed by atoms with van der Waals surface area (Å²) in [5, 5.41) is 4.31. The number of aryl methyl sites for hydroxylation is 1. The predicted octanol–water partition coefficient (Wildman–Crippen LogP) is 2.73. The lowest BCUT2D eigenvalue weighted by atomic mass is 10.3.